The lowest BCUT2D eigenvalue weighted by Crippen LogP contribution is -1.91. The van der Waals surface area contributed by atoms with E-state index in [1.165, 1.54) is 6.20 Å². The van der Waals surface area contributed by atoms with Gasteiger partial charge < -0.3 is 10.8 Å². The van der Waals surface area contributed by atoms with Gasteiger partial charge in [-0.3, -0.25) is 4.98 Å². The molecule has 1 heterocycles. The maximum atomic E-state index is 8.98. The number of pyridine rings is 1. The molecule has 0 atom stereocenters. The highest BCUT2D eigenvalue weighted by atomic mass is 16.3. The zero-order valence-electron chi connectivity index (χ0n) is 6.07. The number of rotatable bonds is 2. The molecule has 1 aromatic rings. The molecule has 0 saturated heterocycles. The maximum Gasteiger partial charge on any atom is 0.134 e. The summed E-state index contributed by atoms with van der Waals surface area (Å²) in [5.41, 5.74) is 6.10. The van der Waals surface area contributed by atoms with Gasteiger partial charge in [0.15, 0.2) is 0 Å². The summed E-state index contributed by atoms with van der Waals surface area (Å²) in [6.45, 7) is 0.496. The summed E-state index contributed by atoms with van der Waals surface area (Å²) < 4.78 is 0. The monoisotopic (exact) mass is 150 g/mol. The van der Waals surface area contributed by atoms with Crippen LogP contribution < -0.4 is 5.73 Å². The van der Waals surface area contributed by atoms with Crippen molar-refractivity contribution in [1.29, 1.82) is 0 Å². The van der Waals surface area contributed by atoms with E-state index in [1.807, 2.05) is 6.08 Å². The predicted octanol–water partition coefficient (Wildman–Crippen LogP) is 0.759. The van der Waals surface area contributed by atoms with Crippen LogP contribution in [0.1, 0.15) is 5.56 Å². The lowest BCUT2D eigenvalue weighted by molar-refractivity contribution is 0.472. The number of aromatic nitrogens is 1. The second kappa shape index (κ2) is 3.73. The van der Waals surface area contributed by atoms with Crippen molar-refractivity contribution in [3.63, 3.8) is 0 Å². The molecule has 0 aliphatic rings. The fraction of sp³-hybridized carbons (Fsp3) is 0.125. The van der Waals surface area contributed by atoms with Gasteiger partial charge >= 0.3 is 0 Å². The molecule has 0 aromatic carbocycles. The van der Waals surface area contributed by atoms with E-state index in [1.54, 1.807) is 18.3 Å². The molecular weight excluding hydrogens is 140 g/mol. The van der Waals surface area contributed by atoms with Gasteiger partial charge in [-0.15, -0.1) is 0 Å². The molecule has 3 N–H and O–H groups in total. The van der Waals surface area contributed by atoms with Gasteiger partial charge in [-0.2, -0.15) is 0 Å². The van der Waals surface area contributed by atoms with Crippen molar-refractivity contribution < 1.29 is 5.11 Å². The van der Waals surface area contributed by atoms with Crippen LogP contribution in [0.2, 0.25) is 0 Å². The third-order valence-corrected chi connectivity index (χ3v) is 1.19. The largest absolute Gasteiger partial charge is 0.506 e. The van der Waals surface area contributed by atoms with Crippen LogP contribution in [0.5, 0.6) is 5.75 Å². The van der Waals surface area contributed by atoms with Crippen molar-refractivity contribution in [2.24, 2.45) is 5.73 Å². The molecule has 1 aromatic heterocycles. The smallest absolute Gasteiger partial charge is 0.134 e. The molecule has 0 aliphatic carbocycles. The van der Waals surface area contributed by atoms with Crippen molar-refractivity contribution in [3.8, 4) is 5.75 Å². The molecule has 1 rings (SSSR count). The van der Waals surface area contributed by atoms with Gasteiger partial charge in [-0.05, 0) is 11.6 Å². The van der Waals surface area contributed by atoms with Crippen LogP contribution in [0.25, 0.3) is 6.08 Å². The van der Waals surface area contributed by atoms with E-state index in [-0.39, 0.29) is 5.75 Å². The van der Waals surface area contributed by atoms with Crippen molar-refractivity contribution >= 4 is 6.08 Å². The molecule has 0 spiro atoms. The summed E-state index contributed by atoms with van der Waals surface area (Å²) in [6.07, 6.45) is 6.66. The van der Waals surface area contributed by atoms with Crippen LogP contribution in [0.3, 0.4) is 0 Å². The number of hydrogen-bond acceptors (Lipinski definition) is 3. The molecular formula is C8H10N2O. The fourth-order valence-electron chi connectivity index (χ4n) is 0.740. The number of nitrogens with two attached hydrogens (primary N) is 1. The van der Waals surface area contributed by atoms with Crippen LogP contribution in [0.4, 0.5) is 0 Å². The SMILES string of the molecule is NCC=Cc1cncc(O)c1. The summed E-state index contributed by atoms with van der Waals surface area (Å²) >= 11 is 0. The average Bonchev–Trinajstić information content (AvgIpc) is 2.01. The maximum absolute atomic E-state index is 8.98. The molecule has 0 saturated carbocycles. The first-order valence-electron chi connectivity index (χ1n) is 3.33. The van der Waals surface area contributed by atoms with E-state index in [2.05, 4.69) is 4.98 Å². The van der Waals surface area contributed by atoms with E-state index in [0.29, 0.717) is 6.54 Å². The van der Waals surface area contributed by atoms with Crippen molar-refractivity contribution in [2.75, 3.05) is 6.54 Å². The summed E-state index contributed by atoms with van der Waals surface area (Å²) in [6, 6.07) is 1.62. The van der Waals surface area contributed by atoms with Gasteiger partial charge in [0, 0.05) is 12.7 Å². The normalized spacial score (nSPS) is 10.6. The van der Waals surface area contributed by atoms with Gasteiger partial charge in [-0.1, -0.05) is 12.2 Å². The van der Waals surface area contributed by atoms with Gasteiger partial charge in [0.2, 0.25) is 0 Å². The first kappa shape index (κ1) is 7.75. The van der Waals surface area contributed by atoms with E-state index in [4.69, 9.17) is 10.8 Å². The lowest BCUT2D eigenvalue weighted by Gasteiger charge is -1.92. The van der Waals surface area contributed by atoms with Gasteiger partial charge in [0.1, 0.15) is 5.75 Å². The Morgan fingerprint density at radius 3 is 3.00 bits per heavy atom. The van der Waals surface area contributed by atoms with Crippen LogP contribution in [0, 0.1) is 0 Å². The first-order chi connectivity index (χ1) is 5.33. The lowest BCUT2D eigenvalue weighted by atomic mass is 10.2. The predicted molar refractivity (Wildman–Crippen MR) is 44.0 cm³/mol. The Balaban J connectivity index is 2.79. The number of aromatic hydroxyl groups is 1. The minimum atomic E-state index is 0.171. The quantitative estimate of drug-likeness (QED) is 0.654. The molecule has 0 amide bonds. The molecule has 0 fully saturated rings. The zero-order chi connectivity index (χ0) is 8.10. The standard InChI is InChI=1S/C8H10N2O/c9-3-1-2-7-4-8(11)6-10-5-7/h1-2,4-6,11H,3,9H2. The number of nitrogens with zero attached hydrogens (tertiary/aromatic N) is 1. The van der Waals surface area contributed by atoms with E-state index >= 15 is 0 Å². The Morgan fingerprint density at radius 2 is 2.36 bits per heavy atom. The van der Waals surface area contributed by atoms with Crippen molar-refractivity contribution in [1.82, 2.24) is 4.98 Å². The van der Waals surface area contributed by atoms with Crippen LogP contribution >= 0.6 is 0 Å². The minimum absolute atomic E-state index is 0.171. The third-order valence-electron chi connectivity index (χ3n) is 1.19. The summed E-state index contributed by atoms with van der Waals surface area (Å²) in [5.74, 6) is 0.171. The minimum Gasteiger partial charge on any atom is -0.506 e. The third kappa shape index (κ3) is 2.39. The molecule has 3 nitrogen and oxygen atoms in total. The van der Waals surface area contributed by atoms with Gasteiger partial charge in [0.25, 0.3) is 0 Å². The Labute approximate surface area is 65.2 Å². The molecule has 3 heteroatoms. The molecule has 11 heavy (non-hydrogen) atoms. The Hall–Kier alpha value is -1.35. The van der Waals surface area contributed by atoms with Crippen LogP contribution in [0.15, 0.2) is 24.5 Å². The van der Waals surface area contributed by atoms with Crippen LogP contribution in [-0.2, 0) is 0 Å². The van der Waals surface area contributed by atoms with E-state index in [9.17, 15) is 0 Å². The van der Waals surface area contributed by atoms with Gasteiger partial charge in [0.05, 0.1) is 6.20 Å². The zero-order valence-corrected chi connectivity index (χ0v) is 6.07. The molecule has 0 radical (unpaired) electrons. The number of hydrogen-bond donors (Lipinski definition) is 2. The highest BCUT2D eigenvalue weighted by Gasteiger charge is 1.88. The highest BCUT2D eigenvalue weighted by molar-refractivity contribution is 5.49. The molecule has 0 aliphatic heterocycles. The second-order valence-corrected chi connectivity index (χ2v) is 2.11. The topological polar surface area (TPSA) is 59.1 Å². The summed E-state index contributed by atoms with van der Waals surface area (Å²) in [4.78, 5) is 3.80. The average molecular weight is 150 g/mol. The Kier molecular flexibility index (Phi) is 2.63. The molecule has 58 valence electrons. The summed E-state index contributed by atoms with van der Waals surface area (Å²) in [5, 5.41) is 8.98. The van der Waals surface area contributed by atoms with Crippen molar-refractivity contribution in [3.05, 3.63) is 30.1 Å². The molecule has 0 unspecified atom stereocenters. The van der Waals surface area contributed by atoms with Crippen molar-refractivity contribution in [2.45, 2.75) is 0 Å². The van der Waals surface area contributed by atoms with Crippen LogP contribution in [-0.4, -0.2) is 16.6 Å². The first-order valence-corrected chi connectivity index (χ1v) is 3.33. The second-order valence-electron chi connectivity index (χ2n) is 2.11. The van der Waals surface area contributed by atoms with E-state index in [0.717, 1.165) is 5.56 Å². The van der Waals surface area contributed by atoms with E-state index < -0.39 is 0 Å². The Bertz CT molecular complexity index is 258. The highest BCUT2D eigenvalue weighted by Crippen LogP contribution is 2.09. The molecule has 0 bridgehead atoms. The summed E-state index contributed by atoms with van der Waals surface area (Å²) in [7, 11) is 0. The fourth-order valence-corrected chi connectivity index (χ4v) is 0.740. The van der Waals surface area contributed by atoms with Gasteiger partial charge in [-0.25, -0.2) is 0 Å². The Morgan fingerprint density at radius 1 is 1.55 bits per heavy atom.